The number of hydrogen-bond donors (Lipinski definition) is 3. The molecular weight excluding hydrogens is 408 g/mol. The van der Waals surface area contributed by atoms with Crippen LogP contribution in [0.4, 0.5) is 0 Å². The van der Waals surface area contributed by atoms with E-state index in [1.807, 2.05) is 0 Å². The first-order chi connectivity index (χ1) is 15.1. The molecule has 0 aromatic carbocycles. The molecule has 0 aromatic heterocycles. The Morgan fingerprint density at radius 3 is 2.18 bits per heavy atom. The molecule has 0 radical (unpaired) electrons. The van der Waals surface area contributed by atoms with Crippen molar-refractivity contribution in [3.8, 4) is 0 Å². The molecule has 4 saturated carbocycles. The van der Waals surface area contributed by atoms with Crippen molar-refractivity contribution in [1.82, 2.24) is 0 Å². The van der Waals surface area contributed by atoms with Gasteiger partial charge in [-0.1, -0.05) is 67.0 Å². The zero-order chi connectivity index (χ0) is 24.4. The molecule has 12 unspecified atom stereocenters. The van der Waals surface area contributed by atoms with Crippen LogP contribution in [0.1, 0.15) is 100 Å². The van der Waals surface area contributed by atoms with Crippen molar-refractivity contribution in [2.75, 3.05) is 0 Å². The number of fused-ring (bicyclic) bond motifs is 7. The van der Waals surface area contributed by atoms with Crippen LogP contribution in [0.15, 0.2) is 11.6 Å². The topological polar surface area (TPSA) is 60.7 Å². The second kappa shape index (κ2) is 7.10. The van der Waals surface area contributed by atoms with Gasteiger partial charge in [0.15, 0.2) is 0 Å². The summed E-state index contributed by atoms with van der Waals surface area (Å²) in [4.78, 5) is 0. The van der Waals surface area contributed by atoms with Crippen LogP contribution in [0.25, 0.3) is 0 Å². The van der Waals surface area contributed by atoms with Gasteiger partial charge in [-0.05, 0) is 102 Å². The van der Waals surface area contributed by atoms with Gasteiger partial charge in [0.2, 0.25) is 0 Å². The molecule has 0 aliphatic heterocycles. The quantitative estimate of drug-likeness (QED) is 0.392. The van der Waals surface area contributed by atoms with Gasteiger partial charge in [-0.15, -0.1) is 0 Å². The molecule has 0 heterocycles. The minimum Gasteiger partial charge on any atom is -0.393 e. The molecule has 0 saturated heterocycles. The lowest BCUT2D eigenvalue weighted by Gasteiger charge is -2.72. The number of aliphatic hydroxyl groups is 3. The van der Waals surface area contributed by atoms with Crippen molar-refractivity contribution in [2.45, 2.75) is 119 Å². The fourth-order valence-corrected chi connectivity index (χ4v) is 11.2. The molecule has 33 heavy (non-hydrogen) atoms. The van der Waals surface area contributed by atoms with Crippen LogP contribution in [0.3, 0.4) is 0 Å². The van der Waals surface area contributed by atoms with Crippen LogP contribution < -0.4 is 0 Å². The molecule has 3 nitrogen and oxygen atoms in total. The molecule has 3 N–H and O–H groups in total. The Hall–Kier alpha value is -0.380. The maximum absolute atomic E-state index is 11.8. The monoisotopic (exact) mass is 458 g/mol. The van der Waals surface area contributed by atoms with Crippen molar-refractivity contribution in [2.24, 2.45) is 56.7 Å². The highest BCUT2D eigenvalue weighted by Crippen LogP contribution is 2.75. The fraction of sp³-hybridized carbons (Fsp3) is 0.933. The third-order valence-electron chi connectivity index (χ3n) is 13.2. The van der Waals surface area contributed by atoms with E-state index in [0.717, 1.165) is 18.8 Å². The van der Waals surface area contributed by atoms with Gasteiger partial charge in [0, 0.05) is 0 Å². The van der Waals surface area contributed by atoms with Crippen LogP contribution >= 0.6 is 0 Å². The predicted octanol–water partition coefficient (Wildman–Crippen LogP) is 5.97. The summed E-state index contributed by atoms with van der Waals surface area (Å²) in [6.07, 6.45) is 8.35. The van der Waals surface area contributed by atoms with E-state index in [9.17, 15) is 15.3 Å². The number of rotatable bonds is 0. The summed E-state index contributed by atoms with van der Waals surface area (Å²) in [6.45, 7) is 19.0. The van der Waals surface area contributed by atoms with Gasteiger partial charge in [0.25, 0.3) is 0 Å². The van der Waals surface area contributed by atoms with Gasteiger partial charge in [-0.2, -0.15) is 0 Å². The highest BCUT2D eigenvalue weighted by molar-refractivity contribution is 5.34. The minimum absolute atomic E-state index is 0.00157. The minimum atomic E-state index is -0.778. The first-order valence-corrected chi connectivity index (χ1v) is 13.9. The van der Waals surface area contributed by atoms with Crippen LogP contribution in [-0.4, -0.2) is 33.6 Å². The zero-order valence-corrected chi connectivity index (χ0v) is 22.5. The van der Waals surface area contributed by atoms with Crippen molar-refractivity contribution < 1.29 is 15.3 Å². The van der Waals surface area contributed by atoms with Crippen molar-refractivity contribution in [3.05, 3.63) is 11.6 Å². The Bertz CT molecular complexity index is 847. The summed E-state index contributed by atoms with van der Waals surface area (Å²) in [7, 11) is 0. The van der Waals surface area contributed by atoms with E-state index < -0.39 is 23.7 Å². The van der Waals surface area contributed by atoms with Crippen molar-refractivity contribution in [1.29, 1.82) is 0 Å². The Labute approximate surface area is 202 Å². The Morgan fingerprint density at radius 1 is 0.848 bits per heavy atom. The Kier molecular flexibility index (Phi) is 5.23. The molecule has 0 aromatic rings. The Morgan fingerprint density at radius 2 is 1.52 bits per heavy atom. The summed E-state index contributed by atoms with van der Waals surface area (Å²) in [5.74, 6) is 2.54. The normalized spacial score (nSPS) is 60.0. The molecule has 12 atom stereocenters. The van der Waals surface area contributed by atoms with Gasteiger partial charge >= 0.3 is 0 Å². The molecule has 3 heteroatoms. The molecule has 0 spiro atoms. The third-order valence-corrected chi connectivity index (χ3v) is 13.2. The maximum atomic E-state index is 11.8. The van der Waals surface area contributed by atoms with Crippen LogP contribution in [0.5, 0.6) is 0 Å². The smallest absolute Gasteiger partial charge is 0.0853 e. The average Bonchev–Trinajstić information content (AvgIpc) is 2.70. The summed E-state index contributed by atoms with van der Waals surface area (Å²) < 4.78 is 0. The predicted molar refractivity (Wildman–Crippen MR) is 133 cm³/mol. The van der Waals surface area contributed by atoms with E-state index in [-0.39, 0.29) is 22.2 Å². The lowest BCUT2D eigenvalue weighted by Crippen LogP contribution is -2.70. The molecule has 5 aliphatic carbocycles. The summed E-state index contributed by atoms with van der Waals surface area (Å²) in [5.41, 5.74) is 1.52. The number of hydrogen-bond acceptors (Lipinski definition) is 3. The van der Waals surface area contributed by atoms with E-state index in [4.69, 9.17) is 0 Å². The van der Waals surface area contributed by atoms with Gasteiger partial charge in [-0.25, -0.2) is 0 Å². The van der Waals surface area contributed by atoms with E-state index >= 15 is 0 Å². The largest absolute Gasteiger partial charge is 0.393 e. The fourth-order valence-electron chi connectivity index (χ4n) is 11.2. The van der Waals surface area contributed by atoms with Crippen molar-refractivity contribution in [3.63, 3.8) is 0 Å². The van der Waals surface area contributed by atoms with E-state index in [0.29, 0.717) is 29.6 Å². The lowest BCUT2D eigenvalue weighted by molar-refractivity contribution is -0.263. The van der Waals surface area contributed by atoms with E-state index in [1.54, 1.807) is 5.57 Å². The number of allylic oxidation sites excluding steroid dienone is 2. The first-order valence-electron chi connectivity index (χ1n) is 13.9. The number of aliphatic hydroxyl groups excluding tert-OH is 3. The highest BCUT2D eigenvalue weighted by atomic mass is 16.3. The maximum Gasteiger partial charge on any atom is 0.0853 e. The molecule has 188 valence electrons. The van der Waals surface area contributed by atoms with E-state index in [1.165, 1.54) is 25.7 Å². The molecular formula is C30H50O3. The third kappa shape index (κ3) is 2.85. The van der Waals surface area contributed by atoms with Crippen LogP contribution in [0.2, 0.25) is 0 Å². The molecule has 0 bridgehead atoms. The SMILES string of the molecule is CC1CCC2(C)CCC3(C)C(=CCC4C5(C)CC(O)C(O)C(C)(C)C5C(O)CC43C)C2C1C. The standard InChI is InChI=1S/C30H50O3/c1-17-11-12-27(5)13-14-29(7)19(23(27)18(17)2)9-10-22-28(6)15-21(32)25(33)26(3,4)24(28)20(31)16-30(22,29)8/h9,17-18,20-25,31-33H,10-16H2,1-8H3. The Balaban J connectivity index is 1.63. The summed E-state index contributed by atoms with van der Waals surface area (Å²) in [5, 5.41) is 33.7. The van der Waals surface area contributed by atoms with Crippen LogP contribution in [-0.2, 0) is 0 Å². The van der Waals surface area contributed by atoms with Gasteiger partial charge < -0.3 is 15.3 Å². The highest BCUT2D eigenvalue weighted by Gasteiger charge is 2.71. The molecule has 5 rings (SSSR count). The molecule has 5 aliphatic rings. The molecule has 4 fully saturated rings. The van der Waals surface area contributed by atoms with Gasteiger partial charge in [0.1, 0.15) is 0 Å². The van der Waals surface area contributed by atoms with Gasteiger partial charge in [0.05, 0.1) is 18.3 Å². The van der Waals surface area contributed by atoms with Crippen molar-refractivity contribution >= 4 is 0 Å². The second-order valence-electron chi connectivity index (χ2n) is 15.0. The first kappa shape index (κ1) is 24.3. The molecule has 0 amide bonds. The van der Waals surface area contributed by atoms with E-state index in [2.05, 4.69) is 61.5 Å². The lowest BCUT2D eigenvalue weighted by atomic mass is 9.33. The zero-order valence-electron chi connectivity index (χ0n) is 22.5. The summed E-state index contributed by atoms with van der Waals surface area (Å²) >= 11 is 0. The second-order valence-corrected chi connectivity index (χ2v) is 15.0. The van der Waals surface area contributed by atoms with Crippen LogP contribution in [0, 0.1) is 56.7 Å². The van der Waals surface area contributed by atoms with Gasteiger partial charge in [-0.3, -0.25) is 0 Å². The summed E-state index contributed by atoms with van der Waals surface area (Å²) in [6, 6.07) is 0. The average molecular weight is 459 g/mol.